The Kier molecular flexibility index (Phi) is 2.07. The molecule has 0 spiro atoms. The first-order valence-corrected chi connectivity index (χ1v) is 4.76. The van der Waals surface area contributed by atoms with Crippen molar-refractivity contribution >= 4 is 0 Å². The molecule has 1 fully saturated rings. The predicted octanol–water partition coefficient (Wildman–Crippen LogP) is 2.55. The highest BCUT2D eigenvalue weighted by molar-refractivity contribution is 5.27. The molecule has 1 atom stereocenters. The van der Waals surface area contributed by atoms with Crippen LogP contribution >= 0.6 is 0 Å². The van der Waals surface area contributed by atoms with Crippen LogP contribution in [0.1, 0.15) is 25.3 Å². The summed E-state index contributed by atoms with van der Waals surface area (Å²) in [6, 6.07) is 3.91. The smallest absolute Gasteiger partial charge is 0.159 e. The molecule has 1 nitrogen and oxygen atoms in total. The molecular formula is C11H13F2N. The van der Waals surface area contributed by atoms with Gasteiger partial charge in [0.1, 0.15) is 0 Å². The van der Waals surface area contributed by atoms with E-state index in [1.807, 2.05) is 6.92 Å². The Morgan fingerprint density at radius 2 is 1.93 bits per heavy atom. The third-order valence-electron chi connectivity index (χ3n) is 2.97. The van der Waals surface area contributed by atoms with E-state index in [4.69, 9.17) is 5.73 Å². The molecule has 2 rings (SSSR count). The summed E-state index contributed by atoms with van der Waals surface area (Å²) < 4.78 is 25.7. The summed E-state index contributed by atoms with van der Waals surface area (Å²) in [7, 11) is 0. The summed E-state index contributed by atoms with van der Waals surface area (Å²) in [5.41, 5.74) is 6.23. The molecule has 0 aliphatic heterocycles. The van der Waals surface area contributed by atoms with Crippen molar-refractivity contribution in [3.63, 3.8) is 0 Å². The van der Waals surface area contributed by atoms with Crippen LogP contribution in [0.4, 0.5) is 8.78 Å². The average Bonchev–Trinajstić information content (AvgIpc) is 2.92. The van der Waals surface area contributed by atoms with Crippen LogP contribution in [0, 0.1) is 17.6 Å². The van der Waals surface area contributed by atoms with E-state index in [9.17, 15) is 8.78 Å². The fourth-order valence-corrected chi connectivity index (χ4v) is 1.75. The Morgan fingerprint density at radius 3 is 2.43 bits per heavy atom. The fraction of sp³-hybridized carbons (Fsp3) is 0.455. The topological polar surface area (TPSA) is 26.0 Å². The van der Waals surface area contributed by atoms with Gasteiger partial charge < -0.3 is 5.73 Å². The second kappa shape index (κ2) is 3.02. The van der Waals surface area contributed by atoms with Crippen molar-refractivity contribution in [2.24, 2.45) is 11.7 Å². The molecule has 0 bridgehead atoms. The zero-order valence-electron chi connectivity index (χ0n) is 8.06. The van der Waals surface area contributed by atoms with Crippen LogP contribution in [0.25, 0.3) is 0 Å². The summed E-state index contributed by atoms with van der Waals surface area (Å²) in [5, 5.41) is 0. The lowest BCUT2D eigenvalue weighted by molar-refractivity contribution is 0.420. The summed E-state index contributed by atoms with van der Waals surface area (Å²) >= 11 is 0. The Balaban J connectivity index is 2.36. The number of nitrogens with two attached hydrogens (primary N) is 1. The van der Waals surface area contributed by atoms with Gasteiger partial charge in [0, 0.05) is 5.54 Å². The molecule has 0 radical (unpaired) electrons. The lowest BCUT2D eigenvalue weighted by atomic mass is 9.88. The van der Waals surface area contributed by atoms with Crippen LogP contribution in [0.2, 0.25) is 0 Å². The lowest BCUT2D eigenvalue weighted by Gasteiger charge is -2.25. The molecule has 0 heterocycles. The minimum absolute atomic E-state index is 0.410. The SMILES string of the molecule is CC(N)(c1ccc(F)c(F)c1)C1CC1. The molecule has 3 heteroatoms. The van der Waals surface area contributed by atoms with Gasteiger partial charge in [0.25, 0.3) is 0 Å². The molecule has 1 aliphatic carbocycles. The number of benzene rings is 1. The molecule has 1 saturated carbocycles. The van der Waals surface area contributed by atoms with E-state index in [2.05, 4.69) is 0 Å². The van der Waals surface area contributed by atoms with Crippen LogP contribution < -0.4 is 5.73 Å². The molecule has 1 aromatic rings. The van der Waals surface area contributed by atoms with Crippen molar-refractivity contribution in [3.05, 3.63) is 35.4 Å². The van der Waals surface area contributed by atoms with E-state index in [-0.39, 0.29) is 0 Å². The van der Waals surface area contributed by atoms with Gasteiger partial charge in [-0.25, -0.2) is 8.78 Å². The number of rotatable bonds is 2. The van der Waals surface area contributed by atoms with Crippen LogP contribution in [0.5, 0.6) is 0 Å². The molecule has 0 saturated heterocycles. The molecule has 1 aromatic carbocycles. The summed E-state index contributed by atoms with van der Waals surface area (Å²) in [6.07, 6.45) is 2.15. The molecule has 1 aliphatic rings. The average molecular weight is 197 g/mol. The minimum Gasteiger partial charge on any atom is -0.321 e. The van der Waals surface area contributed by atoms with E-state index >= 15 is 0 Å². The molecule has 0 amide bonds. The van der Waals surface area contributed by atoms with Gasteiger partial charge in [0.15, 0.2) is 11.6 Å². The maximum atomic E-state index is 13.0. The minimum atomic E-state index is -0.820. The molecule has 0 aromatic heterocycles. The second-order valence-electron chi connectivity index (χ2n) is 4.19. The normalized spacial score (nSPS) is 20.6. The largest absolute Gasteiger partial charge is 0.321 e. The Morgan fingerprint density at radius 1 is 1.29 bits per heavy atom. The molecule has 2 N–H and O–H groups in total. The van der Waals surface area contributed by atoms with Gasteiger partial charge in [-0.3, -0.25) is 0 Å². The van der Waals surface area contributed by atoms with Crippen LogP contribution in [-0.4, -0.2) is 0 Å². The lowest BCUT2D eigenvalue weighted by Crippen LogP contribution is -2.35. The number of halogens is 2. The fourth-order valence-electron chi connectivity index (χ4n) is 1.75. The highest BCUT2D eigenvalue weighted by Gasteiger charge is 2.39. The van der Waals surface area contributed by atoms with E-state index in [0.29, 0.717) is 11.5 Å². The zero-order valence-corrected chi connectivity index (χ0v) is 8.06. The zero-order chi connectivity index (χ0) is 10.3. The Bertz CT molecular complexity index is 356. The highest BCUT2D eigenvalue weighted by Crippen LogP contribution is 2.43. The third kappa shape index (κ3) is 1.52. The first kappa shape index (κ1) is 9.59. The van der Waals surface area contributed by atoms with Crippen LogP contribution in [0.15, 0.2) is 18.2 Å². The van der Waals surface area contributed by atoms with Crippen molar-refractivity contribution in [2.45, 2.75) is 25.3 Å². The van der Waals surface area contributed by atoms with Gasteiger partial charge in [-0.1, -0.05) is 6.07 Å². The van der Waals surface area contributed by atoms with Gasteiger partial charge in [-0.15, -0.1) is 0 Å². The molecule has 76 valence electrons. The van der Waals surface area contributed by atoms with Crippen molar-refractivity contribution in [3.8, 4) is 0 Å². The molecule has 14 heavy (non-hydrogen) atoms. The van der Waals surface area contributed by atoms with Crippen molar-refractivity contribution in [1.29, 1.82) is 0 Å². The summed E-state index contributed by atoms with van der Waals surface area (Å²) in [4.78, 5) is 0. The van der Waals surface area contributed by atoms with Gasteiger partial charge in [0.05, 0.1) is 0 Å². The van der Waals surface area contributed by atoms with Gasteiger partial charge >= 0.3 is 0 Å². The third-order valence-corrected chi connectivity index (χ3v) is 2.97. The quantitative estimate of drug-likeness (QED) is 0.774. The second-order valence-corrected chi connectivity index (χ2v) is 4.19. The van der Waals surface area contributed by atoms with Crippen LogP contribution in [-0.2, 0) is 5.54 Å². The maximum absolute atomic E-state index is 13.0. The first-order valence-electron chi connectivity index (χ1n) is 4.76. The standard InChI is InChI=1S/C11H13F2N/c1-11(14,7-2-3-7)8-4-5-9(12)10(13)6-8/h4-7H,2-3,14H2,1H3. The maximum Gasteiger partial charge on any atom is 0.159 e. The molecule has 1 unspecified atom stereocenters. The monoisotopic (exact) mass is 197 g/mol. The van der Waals surface area contributed by atoms with E-state index < -0.39 is 17.2 Å². The van der Waals surface area contributed by atoms with Crippen molar-refractivity contribution < 1.29 is 8.78 Å². The van der Waals surface area contributed by atoms with E-state index in [0.717, 1.165) is 18.9 Å². The van der Waals surface area contributed by atoms with E-state index in [1.54, 1.807) is 6.07 Å². The predicted molar refractivity (Wildman–Crippen MR) is 50.6 cm³/mol. The summed E-state index contributed by atoms with van der Waals surface area (Å²) in [5.74, 6) is -1.23. The Labute approximate surface area is 81.9 Å². The van der Waals surface area contributed by atoms with Crippen molar-refractivity contribution in [1.82, 2.24) is 0 Å². The number of hydrogen-bond acceptors (Lipinski definition) is 1. The van der Waals surface area contributed by atoms with Crippen LogP contribution in [0.3, 0.4) is 0 Å². The highest BCUT2D eigenvalue weighted by atomic mass is 19.2. The van der Waals surface area contributed by atoms with Gasteiger partial charge in [0.2, 0.25) is 0 Å². The van der Waals surface area contributed by atoms with E-state index in [1.165, 1.54) is 6.07 Å². The van der Waals surface area contributed by atoms with Crippen molar-refractivity contribution in [2.75, 3.05) is 0 Å². The summed E-state index contributed by atoms with van der Waals surface area (Å²) in [6.45, 7) is 1.87. The molecular weight excluding hydrogens is 184 g/mol. The number of hydrogen-bond donors (Lipinski definition) is 1. The van der Waals surface area contributed by atoms with Gasteiger partial charge in [-0.05, 0) is 43.4 Å². The Hall–Kier alpha value is -0.960. The van der Waals surface area contributed by atoms with Gasteiger partial charge in [-0.2, -0.15) is 0 Å². The first-order chi connectivity index (χ1) is 6.51.